The molecule has 2 rings (SSSR count). The third kappa shape index (κ3) is 9.14. The second-order valence-corrected chi connectivity index (χ2v) is 11.3. The minimum absolute atomic E-state index is 0.0195. The molecule has 2 N–H and O–H groups in total. The largest absolute Gasteiger partial charge is 0.484 e. The molecule has 37 heavy (non-hydrogen) atoms. The van der Waals surface area contributed by atoms with E-state index in [9.17, 15) is 15.0 Å². The molecule has 1 fully saturated rings. The molecule has 1 heterocycles. The van der Waals surface area contributed by atoms with E-state index >= 15 is 0 Å². The normalized spacial score (nSPS) is 24.4. The minimum atomic E-state index is -1.61. The molecule has 0 aromatic rings. The number of esters is 1. The van der Waals surface area contributed by atoms with E-state index in [1.165, 1.54) is 83.5 Å². The van der Waals surface area contributed by atoms with Gasteiger partial charge in [0.05, 0.1) is 12.7 Å². The average molecular weight is 527 g/mol. The molecule has 2 aliphatic rings. The highest BCUT2D eigenvalue weighted by Gasteiger charge is 2.78. The van der Waals surface area contributed by atoms with Crippen LogP contribution in [0.1, 0.15) is 130 Å². The Morgan fingerprint density at radius 2 is 1.24 bits per heavy atom. The maximum atomic E-state index is 12.5. The van der Waals surface area contributed by atoms with Crippen molar-refractivity contribution >= 4 is 5.97 Å². The summed E-state index contributed by atoms with van der Waals surface area (Å²) in [5.74, 6) is -0.577. The van der Waals surface area contributed by atoms with Gasteiger partial charge in [-0.3, -0.25) is 0 Å². The smallest absolute Gasteiger partial charge is 0.378 e. The standard InChI is InChI=1S/C30H54O7/c1-5-7-8-9-10-11-12-13-14-15-16-17-18-19-20-21-22-35-25-24(36-23-34-6-2)26(37-27(25)31)30(33)28(32)29(30,3)4/h26,28,32-33H,5-23H2,1-4H3/t26-,28?,30+/m0/s1. The van der Waals surface area contributed by atoms with Crippen LogP contribution in [-0.2, 0) is 23.7 Å². The van der Waals surface area contributed by atoms with Crippen LogP contribution in [0.25, 0.3) is 0 Å². The minimum Gasteiger partial charge on any atom is -0.484 e. The fraction of sp³-hybridized carbons (Fsp3) is 0.900. The maximum Gasteiger partial charge on any atom is 0.378 e. The number of carbonyl (C=O) groups excluding carboxylic acids is 1. The number of hydrogen-bond acceptors (Lipinski definition) is 7. The van der Waals surface area contributed by atoms with Crippen molar-refractivity contribution in [3.63, 3.8) is 0 Å². The van der Waals surface area contributed by atoms with Crippen molar-refractivity contribution in [1.29, 1.82) is 0 Å². The van der Waals surface area contributed by atoms with Gasteiger partial charge in [-0.1, -0.05) is 117 Å². The second-order valence-electron chi connectivity index (χ2n) is 11.3. The number of rotatable bonds is 23. The van der Waals surface area contributed by atoms with Crippen molar-refractivity contribution in [2.24, 2.45) is 5.41 Å². The monoisotopic (exact) mass is 526 g/mol. The SMILES string of the molecule is CCCCCCCCCCCCCCCCCCOC1=C(OCOCC)[C@@H]([C@@]2(O)C(O)C2(C)C)OC1=O. The molecule has 216 valence electrons. The first kappa shape index (κ1) is 31.9. The Kier molecular flexibility index (Phi) is 14.3. The van der Waals surface area contributed by atoms with E-state index in [-0.39, 0.29) is 18.3 Å². The van der Waals surface area contributed by atoms with E-state index in [1.54, 1.807) is 13.8 Å². The summed E-state index contributed by atoms with van der Waals surface area (Å²) >= 11 is 0. The van der Waals surface area contributed by atoms with E-state index in [2.05, 4.69) is 6.92 Å². The van der Waals surface area contributed by atoms with Gasteiger partial charge in [-0.25, -0.2) is 4.79 Å². The molecule has 0 aromatic heterocycles. The molecular weight excluding hydrogens is 472 g/mol. The van der Waals surface area contributed by atoms with Crippen LogP contribution in [0.15, 0.2) is 11.5 Å². The van der Waals surface area contributed by atoms with Gasteiger partial charge in [0.2, 0.25) is 5.76 Å². The lowest BCUT2D eigenvalue weighted by molar-refractivity contribution is -0.152. The highest BCUT2D eigenvalue weighted by molar-refractivity contribution is 5.90. The van der Waals surface area contributed by atoms with Crippen molar-refractivity contribution in [2.75, 3.05) is 20.0 Å². The summed E-state index contributed by atoms with van der Waals surface area (Å²) < 4.78 is 22.1. The van der Waals surface area contributed by atoms with Crippen molar-refractivity contribution in [1.82, 2.24) is 0 Å². The number of unbranched alkanes of at least 4 members (excludes halogenated alkanes) is 15. The van der Waals surface area contributed by atoms with E-state index in [4.69, 9.17) is 18.9 Å². The molecule has 0 bridgehead atoms. The number of cyclic esters (lactones) is 1. The number of carbonyl (C=O) groups is 1. The predicted octanol–water partition coefficient (Wildman–Crippen LogP) is 6.54. The Morgan fingerprint density at radius 1 is 0.784 bits per heavy atom. The fourth-order valence-electron chi connectivity index (χ4n) is 5.24. The van der Waals surface area contributed by atoms with Gasteiger partial charge < -0.3 is 29.2 Å². The molecule has 0 radical (unpaired) electrons. The van der Waals surface area contributed by atoms with E-state index in [0.717, 1.165) is 19.3 Å². The fourth-order valence-corrected chi connectivity index (χ4v) is 5.24. The summed E-state index contributed by atoms with van der Waals surface area (Å²) in [5, 5.41) is 21.2. The van der Waals surface area contributed by atoms with Crippen LogP contribution in [0.4, 0.5) is 0 Å². The molecule has 1 aliphatic carbocycles. The molecule has 7 nitrogen and oxygen atoms in total. The van der Waals surface area contributed by atoms with Gasteiger partial charge in [0.25, 0.3) is 0 Å². The van der Waals surface area contributed by atoms with E-state index < -0.39 is 29.2 Å². The van der Waals surface area contributed by atoms with Crippen LogP contribution < -0.4 is 0 Å². The van der Waals surface area contributed by atoms with Crippen LogP contribution >= 0.6 is 0 Å². The summed E-state index contributed by atoms with van der Waals surface area (Å²) in [5.41, 5.74) is -2.43. The Morgan fingerprint density at radius 3 is 1.68 bits per heavy atom. The van der Waals surface area contributed by atoms with Gasteiger partial charge in [-0.2, -0.15) is 0 Å². The first-order valence-electron chi connectivity index (χ1n) is 15.0. The number of ether oxygens (including phenoxy) is 4. The molecule has 7 heteroatoms. The first-order chi connectivity index (χ1) is 17.8. The van der Waals surface area contributed by atoms with Crippen molar-refractivity contribution in [3.8, 4) is 0 Å². The zero-order chi connectivity index (χ0) is 27.2. The number of aliphatic hydroxyl groups is 2. The summed E-state index contributed by atoms with van der Waals surface area (Å²) in [6.07, 6.45) is 18.6. The highest BCUT2D eigenvalue weighted by atomic mass is 16.7. The average Bonchev–Trinajstić information content (AvgIpc) is 3.11. The first-order valence-corrected chi connectivity index (χ1v) is 15.0. The van der Waals surface area contributed by atoms with Gasteiger partial charge in [-0.05, 0) is 13.3 Å². The van der Waals surface area contributed by atoms with Crippen LogP contribution in [-0.4, -0.2) is 54.0 Å². The molecule has 3 atom stereocenters. The van der Waals surface area contributed by atoms with E-state index in [1.807, 2.05) is 6.92 Å². The van der Waals surface area contributed by atoms with Gasteiger partial charge >= 0.3 is 5.97 Å². The number of hydrogen-bond donors (Lipinski definition) is 2. The third-order valence-corrected chi connectivity index (χ3v) is 8.07. The van der Waals surface area contributed by atoms with Crippen LogP contribution in [0.2, 0.25) is 0 Å². The molecule has 1 unspecified atom stereocenters. The molecule has 1 saturated carbocycles. The van der Waals surface area contributed by atoms with Crippen LogP contribution in [0.3, 0.4) is 0 Å². The Hall–Kier alpha value is -1.31. The van der Waals surface area contributed by atoms with Gasteiger partial charge in [0, 0.05) is 12.0 Å². The summed E-state index contributed by atoms with van der Waals surface area (Å²) in [6, 6.07) is 0. The second kappa shape index (κ2) is 16.6. The highest BCUT2D eigenvalue weighted by Crippen LogP contribution is 2.60. The zero-order valence-electron chi connectivity index (χ0n) is 24.0. The zero-order valence-corrected chi connectivity index (χ0v) is 24.0. The molecule has 0 spiro atoms. The lowest BCUT2D eigenvalue weighted by Gasteiger charge is -2.22. The van der Waals surface area contributed by atoms with Crippen LogP contribution in [0.5, 0.6) is 0 Å². The Bertz CT molecular complexity index is 689. The van der Waals surface area contributed by atoms with Crippen molar-refractivity contribution < 1.29 is 34.0 Å². The van der Waals surface area contributed by atoms with Gasteiger partial charge in [0.15, 0.2) is 18.7 Å². The third-order valence-electron chi connectivity index (χ3n) is 8.07. The van der Waals surface area contributed by atoms with Crippen molar-refractivity contribution in [3.05, 3.63) is 11.5 Å². The molecule has 0 amide bonds. The molecular formula is C30H54O7. The van der Waals surface area contributed by atoms with Crippen LogP contribution in [0, 0.1) is 5.41 Å². The quantitative estimate of drug-likeness (QED) is 0.0886. The molecule has 1 aliphatic heterocycles. The summed E-state index contributed by atoms with van der Waals surface area (Å²) in [6.45, 7) is 8.28. The molecule has 0 saturated heterocycles. The van der Waals surface area contributed by atoms with Crippen molar-refractivity contribution in [2.45, 2.75) is 148 Å². The summed E-state index contributed by atoms with van der Waals surface area (Å²) in [4.78, 5) is 12.5. The summed E-state index contributed by atoms with van der Waals surface area (Å²) in [7, 11) is 0. The Labute approximate surface area is 225 Å². The maximum absolute atomic E-state index is 12.5. The lowest BCUT2D eigenvalue weighted by Crippen LogP contribution is -2.37. The van der Waals surface area contributed by atoms with E-state index in [0.29, 0.717) is 13.2 Å². The lowest BCUT2D eigenvalue weighted by atomic mass is 10.0. The van der Waals surface area contributed by atoms with Gasteiger partial charge in [-0.15, -0.1) is 0 Å². The predicted molar refractivity (Wildman–Crippen MR) is 145 cm³/mol. The Balaban J connectivity index is 1.58. The topological polar surface area (TPSA) is 94.5 Å². The van der Waals surface area contributed by atoms with Gasteiger partial charge in [0.1, 0.15) is 5.60 Å². The molecule has 0 aromatic carbocycles. The number of aliphatic hydroxyl groups excluding tert-OH is 1.